The average molecular weight is 252 g/mol. The smallest absolute Gasteiger partial charge is 0.142 e. The quantitative estimate of drug-likeness (QED) is 0.765. The van der Waals surface area contributed by atoms with E-state index >= 15 is 0 Å². The molecule has 1 saturated carbocycles. The number of carbonyl (C=O) groups excluding carboxylic acids is 1. The molecular formula is C15H28N2O. The molecule has 0 aromatic heterocycles. The zero-order valence-electron chi connectivity index (χ0n) is 12.2. The Balaban J connectivity index is 1.77. The Morgan fingerprint density at radius 2 is 1.78 bits per heavy atom. The van der Waals surface area contributed by atoms with Crippen molar-refractivity contribution in [2.24, 2.45) is 11.3 Å². The molecule has 1 unspecified atom stereocenters. The molecule has 1 aliphatic carbocycles. The second-order valence-corrected chi connectivity index (χ2v) is 6.63. The van der Waals surface area contributed by atoms with E-state index in [-0.39, 0.29) is 5.41 Å². The monoisotopic (exact) mass is 252 g/mol. The number of ketones is 1. The minimum atomic E-state index is -0.0608. The molecule has 3 nitrogen and oxygen atoms in total. The largest absolute Gasteiger partial charge is 0.301 e. The molecule has 1 atom stereocenters. The summed E-state index contributed by atoms with van der Waals surface area (Å²) < 4.78 is 0. The van der Waals surface area contributed by atoms with Crippen molar-refractivity contribution < 1.29 is 4.79 Å². The van der Waals surface area contributed by atoms with E-state index in [1.807, 2.05) is 0 Å². The number of carbonyl (C=O) groups is 1. The highest BCUT2D eigenvalue weighted by molar-refractivity contribution is 5.88. The molecule has 0 aromatic carbocycles. The summed E-state index contributed by atoms with van der Waals surface area (Å²) in [5.74, 6) is 0.802. The minimum Gasteiger partial charge on any atom is -0.301 e. The van der Waals surface area contributed by atoms with E-state index in [9.17, 15) is 4.79 Å². The van der Waals surface area contributed by atoms with Gasteiger partial charge in [-0.3, -0.25) is 4.79 Å². The first kappa shape index (κ1) is 14.0. The van der Waals surface area contributed by atoms with Crippen LogP contribution in [0.4, 0.5) is 0 Å². The topological polar surface area (TPSA) is 23.6 Å². The van der Waals surface area contributed by atoms with Gasteiger partial charge < -0.3 is 9.80 Å². The normalized spacial score (nSPS) is 29.9. The van der Waals surface area contributed by atoms with Crippen molar-refractivity contribution in [1.82, 2.24) is 9.80 Å². The van der Waals surface area contributed by atoms with E-state index in [1.54, 1.807) is 0 Å². The fraction of sp³-hybridized carbons (Fsp3) is 0.933. The number of piperazine rings is 1. The van der Waals surface area contributed by atoms with Crippen LogP contribution >= 0.6 is 0 Å². The van der Waals surface area contributed by atoms with Crippen molar-refractivity contribution in [2.45, 2.75) is 40.0 Å². The zero-order chi connectivity index (χ0) is 13.2. The van der Waals surface area contributed by atoms with Crippen molar-refractivity contribution in [2.75, 3.05) is 39.3 Å². The second-order valence-electron chi connectivity index (χ2n) is 6.63. The Kier molecular flexibility index (Phi) is 4.44. The Morgan fingerprint density at radius 3 is 2.28 bits per heavy atom. The van der Waals surface area contributed by atoms with Crippen LogP contribution < -0.4 is 0 Å². The summed E-state index contributed by atoms with van der Waals surface area (Å²) in [5.41, 5.74) is -0.0608. The molecule has 1 aliphatic heterocycles. The van der Waals surface area contributed by atoms with Gasteiger partial charge in [0, 0.05) is 44.1 Å². The maximum atomic E-state index is 12.2. The van der Waals surface area contributed by atoms with Crippen molar-refractivity contribution in [3.8, 4) is 0 Å². The van der Waals surface area contributed by atoms with Crippen LogP contribution in [0.2, 0.25) is 0 Å². The van der Waals surface area contributed by atoms with Gasteiger partial charge in [-0.05, 0) is 25.8 Å². The minimum absolute atomic E-state index is 0.0608. The molecule has 0 N–H and O–H groups in total. The summed E-state index contributed by atoms with van der Waals surface area (Å²) in [5, 5.41) is 0. The summed E-state index contributed by atoms with van der Waals surface area (Å²) in [6, 6.07) is 0. The molecule has 104 valence electrons. The number of hydrogen-bond acceptors (Lipinski definition) is 3. The first-order valence-electron chi connectivity index (χ1n) is 7.52. The predicted octanol–water partition coefficient (Wildman–Crippen LogP) is 2.02. The molecule has 2 fully saturated rings. The highest BCUT2D eigenvalue weighted by atomic mass is 16.1. The lowest BCUT2D eigenvalue weighted by molar-refractivity contribution is -0.128. The third kappa shape index (κ3) is 3.12. The summed E-state index contributed by atoms with van der Waals surface area (Å²) in [4.78, 5) is 17.3. The SMILES string of the molecule is CCCN1CCN(CC2CCC(C)(C)C2=O)CC1. The summed E-state index contributed by atoms with van der Waals surface area (Å²) in [7, 11) is 0. The van der Waals surface area contributed by atoms with Crippen LogP contribution in [0, 0.1) is 11.3 Å². The van der Waals surface area contributed by atoms with Gasteiger partial charge in [-0.1, -0.05) is 20.8 Å². The fourth-order valence-electron chi connectivity index (χ4n) is 3.34. The van der Waals surface area contributed by atoms with Crippen LogP contribution in [-0.2, 0) is 4.79 Å². The average Bonchev–Trinajstić information content (AvgIpc) is 2.59. The third-order valence-electron chi connectivity index (χ3n) is 4.64. The molecule has 0 radical (unpaired) electrons. The lowest BCUT2D eigenvalue weighted by atomic mass is 9.89. The molecule has 0 spiro atoms. The molecule has 0 aromatic rings. The van der Waals surface area contributed by atoms with Crippen molar-refractivity contribution in [1.29, 1.82) is 0 Å². The van der Waals surface area contributed by atoms with Gasteiger partial charge in [0.15, 0.2) is 0 Å². The lowest BCUT2D eigenvalue weighted by Gasteiger charge is -2.35. The highest BCUT2D eigenvalue weighted by Crippen LogP contribution is 2.37. The first-order chi connectivity index (χ1) is 8.53. The molecule has 0 amide bonds. The van der Waals surface area contributed by atoms with Crippen LogP contribution in [0.1, 0.15) is 40.0 Å². The van der Waals surface area contributed by atoms with Gasteiger partial charge in [0.05, 0.1) is 0 Å². The number of Topliss-reactive ketones (excluding diaryl/α,β-unsaturated/α-hetero) is 1. The van der Waals surface area contributed by atoms with Crippen LogP contribution in [0.5, 0.6) is 0 Å². The number of rotatable bonds is 4. The van der Waals surface area contributed by atoms with E-state index in [2.05, 4.69) is 30.6 Å². The maximum Gasteiger partial charge on any atom is 0.142 e. The first-order valence-corrected chi connectivity index (χ1v) is 7.52. The highest BCUT2D eigenvalue weighted by Gasteiger charge is 2.40. The van der Waals surface area contributed by atoms with Gasteiger partial charge in [0.25, 0.3) is 0 Å². The summed E-state index contributed by atoms with van der Waals surface area (Å²) in [6.07, 6.45) is 3.42. The maximum absolute atomic E-state index is 12.2. The standard InChI is InChI=1S/C15H28N2O/c1-4-7-16-8-10-17(11-9-16)12-13-5-6-15(2,3)14(13)18/h13H,4-12H2,1-3H3. The zero-order valence-corrected chi connectivity index (χ0v) is 12.2. The van der Waals surface area contributed by atoms with Gasteiger partial charge in [-0.2, -0.15) is 0 Å². The van der Waals surface area contributed by atoms with Crippen LogP contribution in [-0.4, -0.2) is 54.9 Å². The number of nitrogens with zero attached hydrogens (tertiary/aromatic N) is 2. The predicted molar refractivity (Wildman–Crippen MR) is 74.7 cm³/mol. The molecule has 2 rings (SSSR count). The molecule has 1 heterocycles. The second kappa shape index (κ2) is 5.70. The Morgan fingerprint density at radius 1 is 1.17 bits per heavy atom. The Labute approximate surface area is 112 Å². The van der Waals surface area contributed by atoms with E-state index in [4.69, 9.17) is 0 Å². The summed E-state index contributed by atoms with van der Waals surface area (Å²) in [6.45, 7) is 13.3. The summed E-state index contributed by atoms with van der Waals surface area (Å²) >= 11 is 0. The molecule has 2 aliphatic rings. The molecule has 3 heteroatoms. The van der Waals surface area contributed by atoms with Crippen molar-refractivity contribution in [3.05, 3.63) is 0 Å². The van der Waals surface area contributed by atoms with Gasteiger partial charge >= 0.3 is 0 Å². The Hall–Kier alpha value is -0.410. The van der Waals surface area contributed by atoms with Crippen molar-refractivity contribution in [3.63, 3.8) is 0 Å². The molecular weight excluding hydrogens is 224 g/mol. The van der Waals surface area contributed by atoms with Crippen LogP contribution in [0.25, 0.3) is 0 Å². The van der Waals surface area contributed by atoms with E-state index in [0.717, 1.165) is 32.5 Å². The Bertz CT molecular complexity index is 293. The fourth-order valence-corrected chi connectivity index (χ4v) is 3.34. The van der Waals surface area contributed by atoms with Gasteiger partial charge in [-0.15, -0.1) is 0 Å². The molecule has 18 heavy (non-hydrogen) atoms. The van der Waals surface area contributed by atoms with E-state index in [1.165, 1.54) is 26.1 Å². The van der Waals surface area contributed by atoms with Gasteiger partial charge in [0.1, 0.15) is 5.78 Å². The lowest BCUT2D eigenvalue weighted by Crippen LogP contribution is -2.48. The number of hydrogen-bond donors (Lipinski definition) is 0. The van der Waals surface area contributed by atoms with E-state index in [0.29, 0.717) is 11.7 Å². The van der Waals surface area contributed by atoms with Crippen LogP contribution in [0.15, 0.2) is 0 Å². The molecule has 0 bridgehead atoms. The van der Waals surface area contributed by atoms with Crippen molar-refractivity contribution >= 4 is 5.78 Å². The van der Waals surface area contributed by atoms with E-state index < -0.39 is 0 Å². The molecule has 1 saturated heterocycles. The van der Waals surface area contributed by atoms with Gasteiger partial charge in [-0.25, -0.2) is 0 Å². The van der Waals surface area contributed by atoms with Crippen LogP contribution in [0.3, 0.4) is 0 Å². The van der Waals surface area contributed by atoms with Gasteiger partial charge in [0.2, 0.25) is 0 Å². The third-order valence-corrected chi connectivity index (χ3v) is 4.64.